The summed E-state index contributed by atoms with van der Waals surface area (Å²) in [5, 5.41) is 13.4. The summed E-state index contributed by atoms with van der Waals surface area (Å²) in [6.07, 6.45) is 0.815. The van der Waals surface area contributed by atoms with Crippen LogP contribution in [0.4, 0.5) is 10.2 Å². The molecule has 35 heavy (non-hydrogen) atoms. The SMILES string of the molecule is Cc1cccc2ccnc(N3CC[C@@H](c4nnn(C)c4C)[C@@H](NC(=O)c4ccccc4)[C@H]3F)c12.Cl. The van der Waals surface area contributed by atoms with Crippen LogP contribution in [0.15, 0.2) is 60.8 Å². The van der Waals surface area contributed by atoms with Gasteiger partial charge in [0.1, 0.15) is 5.82 Å². The molecule has 2 aromatic heterocycles. The summed E-state index contributed by atoms with van der Waals surface area (Å²) in [5.74, 6) is -0.0382. The molecular formula is C26H28ClFN6O. The number of hydrogen-bond acceptors (Lipinski definition) is 5. The summed E-state index contributed by atoms with van der Waals surface area (Å²) in [7, 11) is 1.81. The van der Waals surface area contributed by atoms with Crippen molar-refractivity contribution < 1.29 is 9.18 Å². The Morgan fingerprint density at radius 3 is 2.57 bits per heavy atom. The highest BCUT2D eigenvalue weighted by Crippen LogP contribution is 2.38. The van der Waals surface area contributed by atoms with Crippen molar-refractivity contribution >= 4 is 34.9 Å². The maximum atomic E-state index is 16.4. The molecule has 0 aliphatic carbocycles. The minimum absolute atomic E-state index is 0. The van der Waals surface area contributed by atoms with Crippen LogP contribution in [-0.4, -0.2) is 44.8 Å². The van der Waals surface area contributed by atoms with Gasteiger partial charge in [0, 0.05) is 36.7 Å². The zero-order valence-electron chi connectivity index (χ0n) is 19.9. The largest absolute Gasteiger partial charge is 0.344 e. The van der Waals surface area contributed by atoms with E-state index in [9.17, 15) is 4.79 Å². The fourth-order valence-corrected chi connectivity index (χ4v) is 4.86. The molecule has 1 saturated heterocycles. The van der Waals surface area contributed by atoms with E-state index in [1.165, 1.54) is 0 Å². The molecule has 0 saturated carbocycles. The number of aromatic nitrogens is 4. The number of alkyl halides is 1. The van der Waals surface area contributed by atoms with Crippen molar-refractivity contribution in [1.82, 2.24) is 25.3 Å². The molecule has 2 aromatic carbocycles. The molecule has 4 aromatic rings. The van der Waals surface area contributed by atoms with E-state index in [0.717, 1.165) is 22.0 Å². The average Bonchev–Trinajstić information content (AvgIpc) is 3.18. The first-order valence-corrected chi connectivity index (χ1v) is 11.4. The number of hydrogen-bond donors (Lipinski definition) is 1. The average molecular weight is 495 g/mol. The number of benzene rings is 2. The molecule has 1 N–H and O–H groups in total. The van der Waals surface area contributed by atoms with Gasteiger partial charge in [-0.2, -0.15) is 0 Å². The molecule has 7 nitrogen and oxygen atoms in total. The summed E-state index contributed by atoms with van der Waals surface area (Å²) >= 11 is 0. The monoisotopic (exact) mass is 494 g/mol. The zero-order valence-corrected chi connectivity index (χ0v) is 20.7. The molecule has 9 heteroatoms. The number of aryl methyl sites for hydroxylation is 2. The van der Waals surface area contributed by atoms with Crippen LogP contribution in [0.3, 0.4) is 0 Å². The van der Waals surface area contributed by atoms with Gasteiger partial charge in [-0.15, -0.1) is 17.5 Å². The number of pyridine rings is 1. The van der Waals surface area contributed by atoms with Crippen molar-refractivity contribution in [3.05, 3.63) is 83.3 Å². The number of halogens is 2. The molecule has 3 heterocycles. The number of piperidine rings is 1. The van der Waals surface area contributed by atoms with E-state index in [-0.39, 0.29) is 24.2 Å². The van der Waals surface area contributed by atoms with Gasteiger partial charge in [0.05, 0.1) is 17.4 Å². The van der Waals surface area contributed by atoms with E-state index >= 15 is 4.39 Å². The van der Waals surface area contributed by atoms with Crippen molar-refractivity contribution in [2.24, 2.45) is 7.05 Å². The Labute approximate surface area is 209 Å². The molecule has 0 unspecified atom stereocenters. The van der Waals surface area contributed by atoms with E-state index in [1.807, 2.05) is 51.2 Å². The number of fused-ring (bicyclic) bond motifs is 1. The molecule has 0 spiro atoms. The topological polar surface area (TPSA) is 75.9 Å². The van der Waals surface area contributed by atoms with Gasteiger partial charge in [-0.1, -0.05) is 41.6 Å². The predicted molar refractivity (Wildman–Crippen MR) is 137 cm³/mol. The zero-order chi connectivity index (χ0) is 23.8. The second kappa shape index (κ2) is 10.00. The van der Waals surface area contributed by atoms with E-state index in [0.29, 0.717) is 30.0 Å². The maximum Gasteiger partial charge on any atom is 0.251 e. The maximum absolute atomic E-state index is 16.4. The summed E-state index contributed by atoms with van der Waals surface area (Å²) in [5.41, 5.74) is 3.10. The Hall–Kier alpha value is -3.52. The van der Waals surface area contributed by atoms with Crippen LogP contribution in [-0.2, 0) is 7.05 Å². The van der Waals surface area contributed by atoms with Crippen LogP contribution in [0, 0.1) is 13.8 Å². The lowest BCUT2D eigenvalue weighted by molar-refractivity contribution is 0.0872. The highest BCUT2D eigenvalue weighted by molar-refractivity contribution is 5.96. The van der Waals surface area contributed by atoms with E-state index < -0.39 is 12.3 Å². The van der Waals surface area contributed by atoms with Crippen LogP contribution in [0.25, 0.3) is 10.8 Å². The molecule has 1 amide bonds. The summed E-state index contributed by atoms with van der Waals surface area (Å²) in [6.45, 7) is 4.37. The Balaban J connectivity index is 0.00000289. The quantitative estimate of drug-likeness (QED) is 0.423. The second-order valence-electron chi connectivity index (χ2n) is 8.82. The molecule has 1 fully saturated rings. The van der Waals surface area contributed by atoms with Crippen LogP contribution >= 0.6 is 12.4 Å². The molecule has 5 rings (SSSR count). The van der Waals surface area contributed by atoms with E-state index in [2.05, 4.69) is 20.6 Å². The van der Waals surface area contributed by atoms with Gasteiger partial charge in [-0.05, 0) is 49.4 Å². The summed E-state index contributed by atoms with van der Waals surface area (Å²) < 4.78 is 18.1. The van der Waals surface area contributed by atoms with Crippen LogP contribution in [0.2, 0.25) is 0 Å². The third-order valence-electron chi connectivity index (χ3n) is 6.79. The van der Waals surface area contributed by atoms with Crippen molar-refractivity contribution in [1.29, 1.82) is 0 Å². The van der Waals surface area contributed by atoms with Crippen LogP contribution in [0.5, 0.6) is 0 Å². The van der Waals surface area contributed by atoms with Gasteiger partial charge >= 0.3 is 0 Å². The van der Waals surface area contributed by atoms with E-state index in [1.54, 1.807) is 40.0 Å². The first-order valence-electron chi connectivity index (χ1n) is 11.4. The first-order chi connectivity index (χ1) is 16.5. The van der Waals surface area contributed by atoms with Gasteiger partial charge < -0.3 is 10.2 Å². The standard InChI is InChI=1S/C26H27FN6O.ClH/c1-16-8-7-11-18-12-14-28-25(21(16)18)33-15-13-20(22-17(2)32(3)31-30-22)23(24(33)27)29-26(34)19-9-5-4-6-10-19;/h4-12,14,20,23-24H,13,15H2,1-3H3,(H,29,34);1H/t20-,23+,24-;/m0./s1. The minimum atomic E-state index is -1.49. The third kappa shape index (κ3) is 4.46. The summed E-state index contributed by atoms with van der Waals surface area (Å²) in [6, 6.07) is 16.0. The lowest BCUT2D eigenvalue weighted by Crippen LogP contribution is -2.57. The molecular weight excluding hydrogens is 467 g/mol. The van der Waals surface area contributed by atoms with Crippen molar-refractivity contribution in [2.45, 2.75) is 38.5 Å². The highest BCUT2D eigenvalue weighted by Gasteiger charge is 2.43. The fourth-order valence-electron chi connectivity index (χ4n) is 4.86. The van der Waals surface area contributed by atoms with Crippen molar-refractivity contribution in [2.75, 3.05) is 11.4 Å². The number of nitrogens with zero attached hydrogens (tertiary/aromatic N) is 5. The Kier molecular flexibility index (Phi) is 7.03. The van der Waals surface area contributed by atoms with Gasteiger partial charge in [0.2, 0.25) is 0 Å². The van der Waals surface area contributed by atoms with Gasteiger partial charge in [-0.3, -0.25) is 9.48 Å². The smallest absolute Gasteiger partial charge is 0.251 e. The molecule has 0 bridgehead atoms. The Morgan fingerprint density at radius 2 is 1.86 bits per heavy atom. The third-order valence-corrected chi connectivity index (χ3v) is 6.79. The van der Waals surface area contributed by atoms with Crippen molar-refractivity contribution in [3.8, 4) is 0 Å². The van der Waals surface area contributed by atoms with Gasteiger partial charge in [-0.25, -0.2) is 9.37 Å². The molecule has 0 radical (unpaired) electrons. The Bertz CT molecular complexity index is 1340. The second-order valence-corrected chi connectivity index (χ2v) is 8.82. The predicted octanol–water partition coefficient (Wildman–Crippen LogP) is 4.49. The highest BCUT2D eigenvalue weighted by atomic mass is 35.5. The number of amides is 1. The van der Waals surface area contributed by atoms with Crippen molar-refractivity contribution in [3.63, 3.8) is 0 Å². The summed E-state index contributed by atoms with van der Waals surface area (Å²) in [4.78, 5) is 19.3. The lowest BCUT2D eigenvalue weighted by Gasteiger charge is -2.42. The lowest BCUT2D eigenvalue weighted by atomic mass is 9.86. The van der Waals surface area contributed by atoms with Gasteiger partial charge in [0.15, 0.2) is 6.30 Å². The number of anilines is 1. The number of carbonyl (C=O) groups is 1. The number of nitrogens with one attached hydrogen (secondary N) is 1. The first kappa shape index (κ1) is 24.6. The van der Waals surface area contributed by atoms with Gasteiger partial charge in [0.25, 0.3) is 5.91 Å². The van der Waals surface area contributed by atoms with Crippen LogP contribution < -0.4 is 10.2 Å². The molecule has 3 atom stereocenters. The normalized spacial score (nSPS) is 19.9. The van der Waals surface area contributed by atoms with Crippen LogP contribution in [0.1, 0.15) is 39.6 Å². The minimum Gasteiger partial charge on any atom is -0.344 e. The number of rotatable bonds is 4. The van der Waals surface area contributed by atoms with E-state index in [4.69, 9.17) is 0 Å². The molecule has 1 aliphatic rings. The fraction of sp³-hybridized carbons (Fsp3) is 0.308. The Morgan fingerprint density at radius 1 is 1.09 bits per heavy atom. The molecule has 1 aliphatic heterocycles. The molecule has 182 valence electrons. The number of carbonyl (C=O) groups excluding carboxylic acids is 1.